The van der Waals surface area contributed by atoms with E-state index in [4.69, 9.17) is 10.7 Å². The molecule has 1 amide bonds. The molecular weight excluding hydrogens is 467 g/mol. The van der Waals surface area contributed by atoms with Crippen molar-refractivity contribution in [2.75, 3.05) is 29.1 Å². The van der Waals surface area contributed by atoms with E-state index < -0.39 is 34.6 Å². The number of fused-ring (bicyclic) bond motifs is 1. The van der Waals surface area contributed by atoms with E-state index in [0.717, 1.165) is 24.2 Å². The van der Waals surface area contributed by atoms with Crippen LogP contribution in [-0.4, -0.2) is 44.9 Å². The molecule has 3 aromatic rings. The quantitative estimate of drug-likeness (QED) is 0.585. The summed E-state index contributed by atoms with van der Waals surface area (Å²) in [7, 11) is 0. The number of amides is 1. The van der Waals surface area contributed by atoms with E-state index >= 15 is 0 Å². The summed E-state index contributed by atoms with van der Waals surface area (Å²) in [5.74, 6) is -2.13. The van der Waals surface area contributed by atoms with Crippen molar-refractivity contribution in [1.82, 2.24) is 15.0 Å². The number of anilines is 2. The number of nitrogens with zero attached hydrogens (tertiary/aromatic N) is 5. The van der Waals surface area contributed by atoms with Gasteiger partial charge in [-0.05, 0) is 17.7 Å². The van der Waals surface area contributed by atoms with Crippen molar-refractivity contribution < 1.29 is 18.0 Å². The van der Waals surface area contributed by atoms with Crippen LogP contribution in [0.1, 0.15) is 16.1 Å². The van der Waals surface area contributed by atoms with Gasteiger partial charge in [-0.2, -0.15) is 0 Å². The van der Waals surface area contributed by atoms with Crippen LogP contribution in [0.3, 0.4) is 0 Å². The zero-order valence-corrected chi connectivity index (χ0v) is 18.4. The van der Waals surface area contributed by atoms with Crippen molar-refractivity contribution in [3.63, 3.8) is 0 Å². The van der Waals surface area contributed by atoms with Crippen molar-refractivity contribution in [3.05, 3.63) is 77.6 Å². The number of rotatable bonds is 4. The Bertz CT molecular complexity index is 1290. The summed E-state index contributed by atoms with van der Waals surface area (Å²) in [6.45, 7) is 0.979. The van der Waals surface area contributed by atoms with E-state index in [-0.39, 0.29) is 5.92 Å². The lowest BCUT2D eigenvalue weighted by Gasteiger charge is -2.34. The number of thioether (sulfide) groups is 1. The second kappa shape index (κ2) is 8.60. The Balaban J connectivity index is 1.46. The first-order valence-corrected chi connectivity index (χ1v) is 11.3. The Morgan fingerprint density at radius 3 is 2.65 bits per heavy atom. The number of nitrogens with two attached hydrogens (primary N) is 1. The van der Waals surface area contributed by atoms with Gasteiger partial charge in [-0.3, -0.25) is 4.79 Å². The molecule has 8 nitrogen and oxygen atoms in total. The molecule has 0 saturated carbocycles. The maximum atomic E-state index is 14.0. The third-order valence-electron chi connectivity index (χ3n) is 5.82. The highest BCUT2D eigenvalue weighted by atomic mass is 32.2. The number of hydrogen-bond donors (Lipinski definition) is 2. The fourth-order valence-electron chi connectivity index (χ4n) is 4.28. The number of benzene rings is 1. The van der Waals surface area contributed by atoms with Crippen LogP contribution in [0.2, 0.25) is 0 Å². The molecule has 2 aromatic heterocycles. The molecule has 12 heteroatoms. The van der Waals surface area contributed by atoms with Crippen LogP contribution in [0.25, 0.3) is 0 Å². The van der Waals surface area contributed by atoms with Crippen molar-refractivity contribution in [2.45, 2.75) is 5.54 Å². The molecule has 2 atom stereocenters. The Morgan fingerprint density at radius 1 is 1.12 bits per heavy atom. The fourth-order valence-corrected chi connectivity index (χ4v) is 5.27. The fraction of sp³-hybridized carbons (Fsp3) is 0.227. The molecule has 0 aliphatic carbocycles. The highest BCUT2D eigenvalue weighted by Crippen LogP contribution is 2.46. The normalized spacial score (nSPS) is 21.7. The van der Waals surface area contributed by atoms with Gasteiger partial charge in [0.05, 0.1) is 25.1 Å². The Labute approximate surface area is 196 Å². The van der Waals surface area contributed by atoms with Crippen LogP contribution < -0.4 is 16.0 Å². The van der Waals surface area contributed by atoms with E-state index in [9.17, 15) is 18.0 Å². The van der Waals surface area contributed by atoms with Gasteiger partial charge in [0, 0.05) is 30.0 Å². The maximum absolute atomic E-state index is 14.0. The summed E-state index contributed by atoms with van der Waals surface area (Å²) in [6.07, 6.45) is 3.00. The van der Waals surface area contributed by atoms with Crippen LogP contribution in [0.4, 0.5) is 24.8 Å². The third-order valence-corrected chi connectivity index (χ3v) is 6.78. The van der Waals surface area contributed by atoms with Crippen LogP contribution >= 0.6 is 11.8 Å². The Hall–Kier alpha value is -3.67. The van der Waals surface area contributed by atoms with Crippen molar-refractivity contribution in [2.24, 2.45) is 16.6 Å². The van der Waals surface area contributed by atoms with Crippen molar-refractivity contribution in [3.8, 4) is 0 Å². The molecule has 34 heavy (non-hydrogen) atoms. The zero-order chi connectivity index (χ0) is 23.9. The van der Waals surface area contributed by atoms with Crippen LogP contribution in [0.15, 0.2) is 53.9 Å². The van der Waals surface area contributed by atoms with Gasteiger partial charge in [0.1, 0.15) is 11.4 Å². The topological polar surface area (TPSA) is 109 Å². The van der Waals surface area contributed by atoms with Gasteiger partial charge in [-0.25, -0.2) is 33.1 Å². The minimum absolute atomic E-state index is 0.0422. The summed E-state index contributed by atoms with van der Waals surface area (Å²) >= 11 is 1.45. The van der Waals surface area contributed by atoms with Gasteiger partial charge < -0.3 is 16.0 Å². The summed E-state index contributed by atoms with van der Waals surface area (Å²) in [6, 6.07) is 7.61. The Morgan fingerprint density at radius 2 is 1.88 bits per heavy atom. The monoisotopic (exact) mass is 485 g/mol. The van der Waals surface area contributed by atoms with E-state index in [1.165, 1.54) is 11.8 Å². The number of pyridine rings is 1. The number of carbonyl (C=O) groups excluding carboxylic acids is 1. The molecule has 2 aliphatic heterocycles. The predicted molar refractivity (Wildman–Crippen MR) is 122 cm³/mol. The molecule has 1 saturated heterocycles. The molecule has 0 bridgehead atoms. The lowest BCUT2D eigenvalue weighted by molar-refractivity contribution is 0.101. The van der Waals surface area contributed by atoms with Crippen LogP contribution in [0.5, 0.6) is 0 Å². The number of aromatic nitrogens is 3. The van der Waals surface area contributed by atoms with Gasteiger partial charge in [0.15, 0.2) is 22.5 Å². The van der Waals surface area contributed by atoms with Gasteiger partial charge >= 0.3 is 0 Å². The lowest BCUT2D eigenvalue weighted by Crippen LogP contribution is -2.40. The van der Waals surface area contributed by atoms with Crippen molar-refractivity contribution in [1.29, 1.82) is 0 Å². The second-order valence-electron chi connectivity index (χ2n) is 7.98. The molecule has 1 unspecified atom stereocenters. The smallest absolute Gasteiger partial charge is 0.277 e. The van der Waals surface area contributed by atoms with Gasteiger partial charge in [-0.1, -0.05) is 23.9 Å². The average molecular weight is 485 g/mol. The van der Waals surface area contributed by atoms with Crippen LogP contribution in [0, 0.1) is 23.4 Å². The molecule has 5 rings (SSSR count). The van der Waals surface area contributed by atoms with E-state index in [1.54, 1.807) is 18.2 Å². The molecule has 3 N–H and O–H groups in total. The summed E-state index contributed by atoms with van der Waals surface area (Å²) in [5.41, 5.74) is 6.03. The first-order valence-electron chi connectivity index (χ1n) is 10.3. The predicted octanol–water partition coefficient (Wildman–Crippen LogP) is 2.93. The minimum Gasteiger partial charge on any atom is -0.379 e. The molecule has 1 fully saturated rings. The molecule has 4 heterocycles. The lowest BCUT2D eigenvalue weighted by atomic mass is 9.81. The molecule has 0 radical (unpaired) electrons. The number of hydrogen-bond acceptors (Lipinski definition) is 8. The average Bonchev–Trinajstić information content (AvgIpc) is 3.19. The summed E-state index contributed by atoms with van der Waals surface area (Å²) in [4.78, 5) is 31.0. The molecule has 0 spiro atoms. The van der Waals surface area contributed by atoms with Crippen molar-refractivity contribution >= 4 is 34.5 Å². The van der Waals surface area contributed by atoms with E-state index in [0.29, 0.717) is 41.7 Å². The SMILES string of the molecule is NC1=NC2(c3cccc(NC(=O)c4ncc(F)cc4F)c3)CN(c3ncc(F)cn3)C[C@H]2CS1. The standard InChI is InChI=1S/C22H18F3N7OS/c23-14-5-17(25)18(27-6-14)19(33)30-16-3-1-2-12(4-16)22-11-32(21-28-7-15(24)8-29-21)9-13(22)10-34-20(26)31-22/h1-8,13H,9-11H2,(H2,26,31)(H,30,33)/t13-,22?/m0/s1. The minimum atomic E-state index is -1.06. The molecule has 2 aliphatic rings. The highest BCUT2D eigenvalue weighted by molar-refractivity contribution is 8.13. The second-order valence-corrected chi connectivity index (χ2v) is 9.02. The van der Waals surface area contributed by atoms with Gasteiger partial charge in [0.25, 0.3) is 5.91 Å². The first-order chi connectivity index (χ1) is 16.3. The Kier molecular flexibility index (Phi) is 5.60. The number of halogens is 3. The number of amidine groups is 1. The summed E-state index contributed by atoms with van der Waals surface area (Å²) < 4.78 is 40.4. The van der Waals surface area contributed by atoms with E-state index in [1.807, 2.05) is 11.0 Å². The highest BCUT2D eigenvalue weighted by Gasteiger charge is 2.50. The molecule has 1 aromatic carbocycles. The van der Waals surface area contributed by atoms with Gasteiger partial charge in [0.2, 0.25) is 5.95 Å². The largest absolute Gasteiger partial charge is 0.379 e. The first kappa shape index (κ1) is 22.1. The summed E-state index contributed by atoms with van der Waals surface area (Å²) in [5, 5.41) is 3.04. The number of aliphatic imine (C=N–C) groups is 1. The molecule has 174 valence electrons. The maximum Gasteiger partial charge on any atom is 0.277 e. The zero-order valence-electron chi connectivity index (χ0n) is 17.6. The van der Waals surface area contributed by atoms with Gasteiger partial charge in [-0.15, -0.1) is 0 Å². The molecular formula is C22H18F3N7OS. The van der Waals surface area contributed by atoms with Crippen LogP contribution in [-0.2, 0) is 5.54 Å². The number of carbonyl (C=O) groups is 1. The van der Waals surface area contributed by atoms with E-state index in [2.05, 4.69) is 20.3 Å². The number of nitrogens with one attached hydrogen (secondary N) is 1. The third kappa shape index (κ3) is 4.04.